The summed E-state index contributed by atoms with van der Waals surface area (Å²) >= 11 is 1.10. The molecule has 4 aromatic carbocycles. The first kappa shape index (κ1) is 27.1. The van der Waals surface area contributed by atoms with Gasteiger partial charge >= 0.3 is 0 Å². The Kier molecular flexibility index (Phi) is 7.97. The van der Waals surface area contributed by atoms with Crippen molar-refractivity contribution >= 4 is 38.2 Å². The van der Waals surface area contributed by atoms with Crippen molar-refractivity contribution in [1.82, 2.24) is 9.29 Å². The van der Waals surface area contributed by atoms with E-state index < -0.39 is 15.9 Å². The number of aromatic nitrogens is 1. The lowest BCUT2D eigenvalue weighted by atomic mass is 10.1. The van der Waals surface area contributed by atoms with Gasteiger partial charge in [-0.1, -0.05) is 102 Å². The molecule has 0 aliphatic heterocycles. The molecule has 5 aromatic rings. The Hall–Kier alpha value is -4.44. The van der Waals surface area contributed by atoms with Crippen molar-refractivity contribution in [1.29, 1.82) is 0 Å². The van der Waals surface area contributed by atoms with E-state index in [9.17, 15) is 18.0 Å². The standard InChI is InChI=1S/C31H25N3O4S2/c1-34(21-22-11-5-2-6-12-22)40(37,38)26-19-17-25(18-20-26)30(36)33-31-32-27(23-13-7-3-8-14-23)29(39-31)28(35)24-15-9-4-10-16-24/h2-20H,21H2,1H3,(H,32,33,36). The van der Waals surface area contributed by atoms with Crippen LogP contribution in [0.3, 0.4) is 0 Å². The molecule has 0 bridgehead atoms. The van der Waals surface area contributed by atoms with Crippen LogP contribution in [0.4, 0.5) is 5.13 Å². The summed E-state index contributed by atoms with van der Waals surface area (Å²) in [5.74, 6) is -0.653. The smallest absolute Gasteiger partial charge is 0.257 e. The highest BCUT2D eigenvalue weighted by Gasteiger charge is 2.23. The van der Waals surface area contributed by atoms with Gasteiger partial charge in [0.2, 0.25) is 15.8 Å². The van der Waals surface area contributed by atoms with E-state index in [2.05, 4.69) is 10.3 Å². The lowest BCUT2D eigenvalue weighted by molar-refractivity contribution is 0.102. The summed E-state index contributed by atoms with van der Waals surface area (Å²) < 4.78 is 27.4. The number of amides is 1. The Balaban J connectivity index is 1.36. The number of nitrogens with zero attached hydrogens (tertiary/aromatic N) is 2. The molecule has 0 atom stereocenters. The summed E-state index contributed by atoms with van der Waals surface area (Å²) in [7, 11) is -2.24. The molecule has 0 radical (unpaired) electrons. The Bertz CT molecular complexity index is 1740. The number of ketones is 1. The van der Waals surface area contributed by atoms with Crippen LogP contribution in [0.5, 0.6) is 0 Å². The first-order chi connectivity index (χ1) is 19.3. The minimum Gasteiger partial charge on any atom is -0.298 e. The highest BCUT2D eigenvalue weighted by atomic mass is 32.2. The van der Waals surface area contributed by atoms with Crippen LogP contribution in [0.2, 0.25) is 0 Å². The van der Waals surface area contributed by atoms with Gasteiger partial charge in [-0.2, -0.15) is 4.31 Å². The molecule has 1 heterocycles. The molecule has 0 unspecified atom stereocenters. The number of thiazole rings is 1. The molecule has 0 fully saturated rings. The zero-order valence-electron chi connectivity index (χ0n) is 21.5. The quantitative estimate of drug-likeness (QED) is 0.217. The molecule has 7 nitrogen and oxygen atoms in total. The van der Waals surface area contributed by atoms with Gasteiger partial charge in [-0.25, -0.2) is 13.4 Å². The molecule has 0 saturated carbocycles. The Labute approximate surface area is 236 Å². The summed E-state index contributed by atoms with van der Waals surface area (Å²) in [5.41, 5.74) is 2.89. The second-order valence-corrected chi connectivity index (χ2v) is 12.0. The van der Waals surface area contributed by atoms with Crippen molar-refractivity contribution < 1.29 is 18.0 Å². The number of sulfonamides is 1. The molecule has 1 amide bonds. The number of hydrogen-bond donors (Lipinski definition) is 1. The van der Waals surface area contributed by atoms with Crippen LogP contribution < -0.4 is 5.32 Å². The van der Waals surface area contributed by atoms with Crippen molar-refractivity contribution in [3.8, 4) is 11.3 Å². The highest BCUT2D eigenvalue weighted by Crippen LogP contribution is 2.33. The summed E-state index contributed by atoms with van der Waals surface area (Å²) in [5, 5.41) is 3.03. The fourth-order valence-corrected chi connectivity index (χ4v) is 6.20. The van der Waals surface area contributed by atoms with E-state index in [0.717, 1.165) is 22.5 Å². The molecule has 9 heteroatoms. The summed E-state index contributed by atoms with van der Waals surface area (Å²) in [6, 6.07) is 33.3. The number of rotatable bonds is 9. The number of benzene rings is 4. The van der Waals surface area contributed by atoms with E-state index in [4.69, 9.17) is 0 Å². The van der Waals surface area contributed by atoms with Gasteiger partial charge in [0.1, 0.15) is 4.88 Å². The van der Waals surface area contributed by atoms with Crippen LogP contribution >= 0.6 is 11.3 Å². The number of carbonyl (C=O) groups excluding carboxylic acids is 2. The fourth-order valence-electron chi connectivity index (χ4n) is 4.09. The lowest BCUT2D eigenvalue weighted by Gasteiger charge is -2.17. The van der Waals surface area contributed by atoms with E-state index in [1.54, 1.807) is 24.3 Å². The average molecular weight is 568 g/mol. The number of nitrogens with one attached hydrogen (secondary N) is 1. The van der Waals surface area contributed by atoms with Gasteiger partial charge in [-0.3, -0.25) is 14.9 Å². The van der Waals surface area contributed by atoms with Gasteiger partial charge in [0, 0.05) is 30.3 Å². The van der Waals surface area contributed by atoms with Crippen LogP contribution in [0, 0.1) is 0 Å². The molecule has 200 valence electrons. The largest absolute Gasteiger partial charge is 0.298 e. The first-order valence-corrected chi connectivity index (χ1v) is 14.7. The molecule has 5 rings (SSSR count). The average Bonchev–Trinajstić information content (AvgIpc) is 3.42. The molecule has 0 aliphatic carbocycles. The topological polar surface area (TPSA) is 96.4 Å². The predicted octanol–water partition coefficient (Wildman–Crippen LogP) is 6.11. The molecule has 0 saturated heterocycles. The summed E-state index contributed by atoms with van der Waals surface area (Å²) in [6.07, 6.45) is 0. The Morgan fingerprint density at radius 2 is 1.35 bits per heavy atom. The SMILES string of the molecule is CN(Cc1ccccc1)S(=O)(=O)c1ccc(C(=O)Nc2nc(-c3ccccc3)c(C(=O)c3ccccc3)s2)cc1. The van der Waals surface area contributed by atoms with Gasteiger partial charge in [0.15, 0.2) is 5.13 Å². The maximum absolute atomic E-state index is 13.3. The minimum atomic E-state index is -3.75. The monoisotopic (exact) mass is 567 g/mol. The zero-order chi connectivity index (χ0) is 28.1. The van der Waals surface area contributed by atoms with Crippen LogP contribution in [0.1, 0.15) is 31.2 Å². The molecule has 0 spiro atoms. The third-order valence-electron chi connectivity index (χ3n) is 6.21. The predicted molar refractivity (Wildman–Crippen MR) is 157 cm³/mol. The maximum atomic E-state index is 13.3. The van der Waals surface area contributed by atoms with Crippen LogP contribution in [-0.4, -0.2) is 36.4 Å². The van der Waals surface area contributed by atoms with E-state index in [1.807, 2.05) is 66.7 Å². The summed E-state index contributed by atoms with van der Waals surface area (Å²) in [6.45, 7) is 0.225. The number of hydrogen-bond acceptors (Lipinski definition) is 6. The van der Waals surface area contributed by atoms with Gasteiger partial charge in [0.05, 0.1) is 10.6 Å². The van der Waals surface area contributed by atoms with Crippen LogP contribution in [-0.2, 0) is 16.6 Å². The van der Waals surface area contributed by atoms with Gasteiger partial charge in [-0.05, 0) is 29.8 Å². The Morgan fingerprint density at radius 3 is 1.98 bits per heavy atom. The van der Waals surface area contributed by atoms with Crippen molar-refractivity contribution in [3.05, 3.63) is 137 Å². The molecular formula is C31H25N3O4S2. The van der Waals surface area contributed by atoms with Crippen LogP contribution in [0.15, 0.2) is 120 Å². The molecule has 1 N–H and O–H groups in total. The normalized spacial score (nSPS) is 11.3. The van der Waals surface area contributed by atoms with Gasteiger partial charge in [-0.15, -0.1) is 0 Å². The minimum absolute atomic E-state index is 0.0823. The summed E-state index contributed by atoms with van der Waals surface area (Å²) in [4.78, 5) is 31.4. The molecule has 0 aliphatic rings. The first-order valence-electron chi connectivity index (χ1n) is 12.4. The second kappa shape index (κ2) is 11.7. The van der Waals surface area contributed by atoms with E-state index in [0.29, 0.717) is 16.1 Å². The van der Waals surface area contributed by atoms with Crippen LogP contribution in [0.25, 0.3) is 11.3 Å². The molecule has 1 aromatic heterocycles. The maximum Gasteiger partial charge on any atom is 0.257 e. The highest BCUT2D eigenvalue weighted by molar-refractivity contribution is 7.89. The third kappa shape index (κ3) is 5.91. The Morgan fingerprint density at radius 1 is 0.775 bits per heavy atom. The third-order valence-corrected chi connectivity index (χ3v) is 9.00. The number of anilines is 1. The van der Waals surface area contributed by atoms with Crippen molar-refractivity contribution in [3.63, 3.8) is 0 Å². The number of carbonyl (C=O) groups is 2. The van der Waals surface area contributed by atoms with E-state index in [-0.39, 0.29) is 27.9 Å². The molecule has 40 heavy (non-hydrogen) atoms. The van der Waals surface area contributed by atoms with Gasteiger partial charge < -0.3 is 0 Å². The van der Waals surface area contributed by atoms with Crippen molar-refractivity contribution in [2.45, 2.75) is 11.4 Å². The molecular weight excluding hydrogens is 542 g/mol. The van der Waals surface area contributed by atoms with Crippen molar-refractivity contribution in [2.24, 2.45) is 0 Å². The van der Waals surface area contributed by atoms with Crippen molar-refractivity contribution in [2.75, 3.05) is 12.4 Å². The lowest BCUT2D eigenvalue weighted by Crippen LogP contribution is -2.26. The van der Waals surface area contributed by atoms with E-state index in [1.165, 1.54) is 35.6 Å². The fraction of sp³-hybridized carbons (Fsp3) is 0.0645. The second-order valence-electron chi connectivity index (χ2n) is 8.98. The zero-order valence-corrected chi connectivity index (χ0v) is 23.2. The van der Waals surface area contributed by atoms with E-state index >= 15 is 0 Å². The van der Waals surface area contributed by atoms with Gasteiger partial charge in [0.25, 0.3) is 5.91 Å².